The fourth-order valence-electron chi connectivity index (χ4n) is 3.21. The molecule has 0 radical (unpaired) electrons. The third-order valence-electron chi connectivity index (χ3n) is 4.72. The van der Waals surface area contributed by atoms with Gasteiger partial charge < -0.3 is 10.3 Å². The van der Waals surface area contributed by atoms with Crippen molar-refractivity contribution in [3.8, 4) is 11.4 Å². The van der Waals surface area contributed by atoms with Crippen molar-refractivity contribution in [2.24, 2.45) is 0 Å². The van der Waals surface area contributed by atoms with Crippen molar-refractivity contribution in [3.63, 3.8) is 0 Å². The molecule has 26 heavy (non-hydrogen) atoms. The summed E-state index contributed by atoms with van der Waals surface area (Å²) in [5, 5.41) is 5.02. The Hall–Kier alpha value is -2.92. The zero-order chi connectivity index (χ0) is 17.5. The zero-order valence-corrected chi connectivity index (χ0v) is 14.8. The lowest BCUT2D eigenvalue weighted by Crippen LogP contribution is -2.11. The maximum Gasteiger partial charge on any atom is 0.266 e. The van der Waals surface area contributed by atoms with Crippen molar-refractivity contribution in [3.05, 3.63) is 70.4 Å². The SMILES string of the molecule is O=C(Nc1ccc(-c2nc3ccccc3[nH]2)cc1)c1sccc1C1CC1. The molecule has 2 aromatic carbocycles. The highest BCUT2D eigenvalue weighted by molar-refractivity contribution is 7.12. The van der Waals surface area contributed by atoms with Gasteiger partial charge in [-0.3, -0.25) is 4.79 Å². The second kappa shape index (κ2) is 6.11. The van der Waals surface area contributed by atoms with Crippen LogP contribution in [-0.2, 0) is 0 Å². The molecule has 0 aliphatic heterocycles. The first-order valence-electron chi connectivity index (χ1n) is 8.72. The van der Waals surface area contributed by atoms with E-state index in [4.69, 9.17) is 0 Å². The third kappa shape index (κ3) is 2.80. The maximum absolute atomic E-state index is 12.6. The van der Waals surface area contributed by atoms with E-state index in [0.29, 0.717) is 5.92 Å². The quantitative estimate of drug-likeness (QED) is 0.511. The first-order valence-corrected chi connectivity index (χ1v) is 9.60. The minimum absolute atomic E-state index is 0.0154. The maximum atomic E-state index is 12.6. The van der Waals surface area contributed by atoms with Crippen LogP contribution >= 0.6 is 11.3 Å². The Bertz CT molecular complexity index is 1060. The molecule has 2 N–H and O–H groups in total. The number of hydrogen-bond donors (Lipinski definition) is 2. The largest absolute Gasteiger partial charge is 0.338 e. The molecular weight excluding hydrogens is 342 g/mol. The summed E-state index contributed by atoms with van der Waals surface area (Å²) in [5.74, 6) is 1.40. The van der Waals surface area contributed by atoms with E-state index in [1.807, 2.05) is 53.9 Å². The summed E-state index contributed by atoms with van der Waals surface area (Å²) in [6.45, 7) is 0. The average Bonchev–Trinajstić information content (AvgIpc) is 3.22. The first kappa shape index (κ1) is 15.3. The number of carbonyl (C=O) groups is 1. The van der Waals surface area contributed by atoms with Gasteiger partial charge in [-0.15, -0.1) is 11.3 Å². The van der Waals surface area contributed by atoms with E-state index in [1.165, 1.54) is 29.7 Å². The average molecular weight is 359 g/mol. The zero-order valence-electron chi connectivity index (χ0n) is 14.0. The molecule has 2 aromatic heterocycles. The number of imidazole rings is 1. The van der Waals surface area contributed by atoms with Crippen LogP contribution in [0.25, 0.3) is 22.4 Å². The van der Waals surface area contributed by atoms with Gasteiger partial charge in [0.1, 0.15) is 5.82 Å². The van der Waals surface area contributed by atoms with E-state index in [0.717, 1.165) is 33.0 Å². The van der Waals surface area contributed by atoms with E-state index in [2.05, 4.69) is 21.4 Å². The fraction of sp³-hybridized carbons (Fsp3) is 0.143. The lowest BCUT2D eigenvalue weighted by molar-refractivity contribution is 0.102. The molecule has 0 atom stereocenters. The Labute approximate surface area is 154 Å². The van der Waals surface area contributed by atoms with Crippen LogP contribution in [0.2, 0.25) is 0 Å². The molecule has 5 rings (SSSR count). The van der Waals surface area contributed by atoms with Crippen molar-refractivity contribution in [2.45, 2.75) is 18.8 Å². The summed E-state index contributed by atoms with van der Waals surface area (Å²) in [5.41, 5.74) is 4.96. The van der Waals surface area contributed by atoms with Crippen LogP contribution in [0.4, 0.5) is 5.69 Å². The number of hydrogen-bond acceptors (Lipinski definition) is 3. The Morgan fingerprint density at radius 2 is 1.88 bits per heavy atom. The molecule has 4 nitrogen and oxygen atoms in total. The first-order chi connectivity index (χ1) is 12.8. The summed E-state index contributed by atoms with van der Waals surface area (Å²) in [4.78, 5) is 21.4. The predicted molar refractivity (Wildman–Crippen MR) is 106 cm³/mol. The Morgan fingerprint density at radius 1 is 1.08 bits per heavy atom. The second-order valence-corrected chi connectivity index (χ2v) is 7.53. The number of H-pyrrole nitrogens is 1. The molecule has 1 saturated carbocycles. The highest BCUT2D eigenvalue weighted by Crippen LogP contribution is 2.43. The number of anilines is 1. The van der Waals surface area contributed by atoms with E-state index < -0.39 is 0 Å². The Kier molecular flexibility index (Phi) is 3.60. The number of thiophene rings is 1. The van der Waals surface area contributed by atoms with Crippen LogP contribution in [0, 0.1) is 0 Å². The van der Waals surface area contributed by atoms with Crippen LogP contribution in [0.1, 0.15) is 34.0 Å². The molecular formula is C21H17N3OS. The summed E-state index contributed by atoms with van der Waals surface area (Å²) >= 11 is 1.52. The van der Waals surface area contributed by atoms with Crippen LogP contribution in [0.3, 0.4) is 0 Å². The van der Waals surface area contributed by atoms with Crippen molar-refractivity contribution in [2.75, 3.05) is 5.32 Å². The van der Waals surface area contributed by atoms with Crippen LogP contribution in [0.15, 0.2) is 60.0 Å². The molecule has 1 aliphatic rings. The molecule has 0 spiro atoms. The van der Waals surface area contributed by atoms with E-state index in [9.17, 15) is 4.79 Å². The smallest absolute Gasteiger partial charge is 0.266 e. The number of nitrogens with zero attached hydrogens (tertiary/aromatic N) is 1. The van der Waals surface area contributed by atoms with E-state index in [1.54, 1.807) is 0 Å². The summed E-state index contributed by atoms with van der Waals surface area (Å²) < 4.78 is 0. The number of rotatable bonds is 4. The molecule has 5 heteroatoms. The van der Waals surface area contributed by atoms with Crippen molar-refractivity contribution < 1.29 is 4.79 Å². The van der Waals surface area contributed by atoms with Gasteiger partial charge in [-0.25, -0.2) is 4.98 Å². The lowest BCUT2D eigenvalue weighted by Gasteiger charge is -2.06. The Balaban J connectivity index is 1.36. The molecule has 0 bridgehead atoms. The van der Waals surface area contributed by atoms with Gasteiger partial charge in [0.15, 0.2) is 0 Å². The summed E-state index contributed by atoms with van der Waals surface area (Å²) in [6, 6.07) is 17.8. The number of nitrogens with one attached hydrogen (secondary N) is 2. The predicted octanol–water partition coefficient (Wildman–Crippen LogP) is 5.42. The highest BCUT2D eigenvalue weighted by Gasteiger charge is 2.28. The van der Waals surface area contributed by atoms with Gasteiger partial charge in [0.05, 0.1) is 15.9 Å². The summed E-state index contributed by atoms with van der Waals surface area (Å²) in [6.07, 6.45) is 2.40. The molecule has 128 valence electrons. The lowest BCUT2D eigenvalue weighted by atomic mass is 10.1. The molecule has 1 fully saturated rings. The standard InChI is InChI=1S/C21H17N3OS/c25-21(19-16(11-12-26-19)13-5-6-13)22-15-9-7-14(8-10-15)20-23-17-3-1-2-4-18(17)24-20/h1-4,7-13H,5-6H2,(H,22,25)(H,23,24). The summed E-state index contributed by atoms with van der Waals surface area (Å²) in [7, 11) is 0. The van der Waals surface area contributed by atoms with Gasteiger partial charge in [-0.05, 0) is 72.2 Å². The third-order valence-corrected chi connectivity index (χ3v) is 5.65. The van der Waals surface area contributed by atoms with Gasteiger partial charge in [0.2, 0.25) is 0 Å². The van der Waals surface area contributed by atoms with Crippen molar-refractivity contribution in [1.29, 1.82) is 0 Å². The number of aromatic nitrogens is 2. The highest BCUT2D eigenvalue weighted by atomic mass is 32.1. The van der Waals surface area contributed by atoms with Gasteiger partial charge in [0, 0.05) is 11.3 Å². The normalized spacial score (nSPS) is 13.8. The van der Waals surface area contributed by atoms with Gasteiger partial charge >= 0.3 is 0 Å². The van der Waals surface area contributed by atoms with Crippen LogP contribution in [-0.4, -0.2) is 15.9 Å². The molecule has 0 saturated heterocycles. The second-order valence-electron chi connectivity index (χ2n) is 6.61. The molecule has 1 amide bonds. The van der Waals surface area contributed by atoms with Crippen LogP contribution < -0.4 is 5.32 Å². The number of carbonyl (C=O) groups excluding carboxylic acids is 1. The number of para-hydroxylation sites is 2. The molecule has 2 heterocycles. The minimum Gasteiger partial charge on any atom is -0.338 e. The van der Waals surface area contributed by atoms with Gasteiger partial charge in [-0.1, -0.05) is 12.1 Å². The molecule has 1 aliphatic carbocycles. The van der Waals surface area contributed by atoms with Crippen molar-refractivity contribution in [1.82, 2.24) is 9.97 Å². The molecule has 4 aromatic rings. The van der Waals surface area contributed by atoms with Gasteiger partial charge in [0.25, 0.3) is 5.91 Å². The van der Waals surface area contributed by atoms with E-state index >= 15 is 0 Å². The number of fused-ring (bicyclic) bond motifs is 1. The topological polar surface area (TPSA) is 57.8 Å². The number of amides is 1. The van der Waals surface area contributed by atoms with Gasteiger partial charge in [-0.2, -0.15) is 0 Å². The monoisotopic (exact) mass is 359 g/mol. The Morgan fingerprint density at radius 3 is 2.65 bits per heavy atom. The van der Waals surface area contributed by atoms with Crippen molar-refractivity contribution >= 4 is 34.0 Å². The molecule has 0 unspecified atom stereocenters. The van der Waals surface area contributed by atoms with E-state index in [-0.39, 0.29) is 5.91 Å². The minimum atomic E-state index is -0.0154. The number of aromatic amines is 1. The van der Waals surface area contributed by atoms with Crippen LogP contribution in [0.5, 0.6) is 0 Å². The fourth-order valence-corrected chi connectivity index (χ4v) is 4.09. The number of benzene rings is 2.